The van der Waals surface area contributed by atoms with E-state index < -0.39 is 0 Å². The van der Waals surface area contributed by atoms with Gasteiger partial charge in [-0.05, 0) is 37.5 Å². The average Bonchev–Trinajstić information content (AvgIpc) is 3.02. The molecule has 0 aromatic heterocycles. The molecule has 0 saturated carbocycles. The lowest BCUT2D eigenvalue weighted by Gasteiger charge is -2.25. The zero-order chi connectivity index (χ0) is 18.3. The molecule has 2 rings (SSSR count). The molecule has 1 fully saturated rings. The third-order valence-electron chi connectivity index (χ3n) is 4.17. The van der Waals surface area contributed by atoms with E-state index in [0.717, 1.165) is 29.5 Å². The molecule has 0 aliphatic carbocycles. The van der Waals surface area contributed by atoms with Crippen molar-refractivity contribution in [2.45, 2.75) is 31.9 Å². The minimum absolute atomic E-state index is 0. The van der Waals surface area contributed by atoms with Gasteiger partial charge in [0.2, 0.25) is 5.91 Å². The second kappa shape index (κ2) is 11.1. The van der Waals surface area contributed by atoms with Crippen LogP contribution in [0.4, 0.5) is 0 Å². The highest BCUT2D eigenvalue weighted by Gasteiger charge is 2.29. The number of ether oxygens (including phenoxy) is 1. The molecule has 1 aliphatic rings. The number of carbonyl (C=O) groups is 1. The topological polar surface area (TPSA) is 66.0 Å². The maximum Gasteiger partial charge on any atom is 0.241 e. The van der Waals surface area contributed by atoms with Crippen LogP contribution in [0.3, 0.4) is 0 Å². The lowest BCUT2D eigenvalue weighted by atomic mass is 10.0. The van der Waals surface area contributed by atoms with Crippen molar-refractivity contribution in [2.24, 2.45) is 4.99 Å². The van der Waals surface area contributed by atoms with Crippen molar-refractivity contribution in [2.75, 3.05) is 33.8 Å². The third kappa shape index (κ3) is 7.79. The molecule has 2 N–H and O–H groups in total. The monoisotopic (exact) mass is 538 g/mol. The molecule has 1 saturated heterocycles. The van der Waals surface area contributed by atoms with E-state index in [1.807, 2.05) is 24.3 Å². The maximum absolute atomic E-state index is 11.8. The summed E-state index contributed by atoms with van der Waals surface area (Å²) in [6.07, 6.45) is 2.10. The van der Waals surface area contributed by atoms with Crippen molar-refractivity contribution < 1.29 is 9.53 Å². The largest absolute Gasteiger partial charge is 0.373 e. The normalized spacial score (nSPS) is 19.6. The second-order valence-electron chi connectivity index (χ2n) is 6.69. The zero-order valence-corrected chi connectivity index (χ0v) is 19.5. The first-order valence-electron chi connectivity index (χ1n) is 8.49. The number of nitrogens with one attached hydrogen (secondary N) is 2. The predicted octanol–water partition coefficient (Wildman–Crippen LogP) is 2.76. The van der Waals surface area contributed by atoms with E-state index >= 15 is 0 Å². The summed E-state index contributed by atoms with van der Waals surface area (Å²) in [6, 6.07) is 8.04. The molecule has 1 aromatic carbocycles. The van der Waals surface area contributed by atoms with Gasteiger partial charge in [-0.15, -0.1) is 24.0 Å². The smallest absolute Gasteiger partial charge is 0.241 e. The number of likely N-dealkylation sites (N-methyl/N-ethyl adjacent to an activating group) is 1. The Labute approximate surface area is 181 Å². The SMILES string of the molecule is CN(C)C(=O)CNC(=NCc1ccc(Br)cc1)NCC1(C)CCCO1.I. The fourth-order valence-electron chi connectivity index (χ4n) is 2.50. The Morgan fingerprint density at radius 3 is 2.58 bits per heavy atom. The van der Waals surface area contributed by atoms with Crippen LogP contribution in [-0.2, 0) is 16.1 Å². The maximum atomic E-state index is 11.8. The lowest BCUT2D eigenvalue weighted by Crippen LogP contribution is -2.47. The highest BCUT2D eigenvalue weighted by molar-refractivity contribution is 14.0. The molecule has 1 unspecified atom stereocenters. The van der Waals surface area contributed by atoms with E-state index in [0.29, 0.717) is 19.0 Å². The average molecular weight is 539 g/mol. The van der Waals surface area contributed by atoms with Gasteiger partial charge >= 0.3 is 0 Å². The van der Waals surface area contributed by atoms with Gasteiger partial charge in [-0.25, -0.2) is 4.99 Å². The molecule has 6 nitrogen and oxygen atoms in total. The molecular weight excluding hydrogens is 511 g/mol. The molecule has 0 spiro atoms. The Morgan fingerprint density at radius 2 is 2.00 bits per heavy atom. The number of aliphatic imine (C=N–C) groups is 1. The van der Waals surface area contributed by atoms with Crippen LogP contribution in [0.1, 0.15) is 25.3 Å². The van der Waals surface area contributed by atoms with Gasteiger partial charge in [0.15, 0.2) is 5.96 Å². The summed E-state index contributed by atoms with van der Waals surface area (Å²) in [4.78, 5) is 18.0. The van der Waals surface area contributed by atoms with E-state index in [4.69, 9.17) is 4.74 Å². The first kappa shape index (κ1) is 23.2. The van der Waals surface area contributed by atoms with Gasteiger partial charge in [0.1, 0.15) is 0 Å². The van der Waals surface area contributed by atoms with Crippen molar-refractivity contribution in [1.29, 1.82) is 0 Å². The van der Waals surface area contributed by atoms with Crippen LogP contribution in [0.25, 0.3) is 0 Å². The first-order chi connectivity index (χ1) is 11.9. The van der Waals surface area contributed by atoms with E-state index in [1.165, 1.54) is 0 Å². The Morgan fingerprint density at radius 1 is 1.31 bits per heavy atom. The fourth-order valence-corrected chi connectivity index (χ4v) is 2.76. The van der Waals surface area contributed by atoms with Crippen LogP contribution >= 0.6 is 39.9 Å². The number of amides is 1. The summed E-state index contributed by atoms with van der Waals surface area (Å²) in [6.45, 7) is 4.31. The van der Waals surface area contributed by atoms with Gasteiger partial charge in [-0.3, -0.25) is 4.79 Å². The third-order valence-corrected chi connectivity index (χ3v) is 4.70. The van der Waals surface area contributed by atoms with Crippen LogP contribution in [-0.4, -0.2) is 56.2 Å². The molecule has 1 atom stereocenters. The summed E-state index contributed by atoms with van der Waals surface area (Å²) >= 11 is 3.43. The van der Waals surface area contributed by atoms with Gasteiger partial charge in [0, 0.05) is 31.7 Å². The highest BCUT2D eigenvalue weighted by Crippen LogP contribution is 2.23. The van der Waals surface area contributed by atoms with Crippen molar-refractivity contribution in [3.63, 3.8) is 0 Å². The number of carbonyl (C=O) groups excluding carboxylic acids is 1. The first-order valence-corrected chi connectivity index (χ1v) is 9.28. The van der Waals surface area contributed by atoms with Crippen LogP contribution < -0.4 is 10.6 Å². The quantitative estimate of drug-likeness (QED) is 0.332. The fraction of sp³-hybridized carbons (Fsp3) is 0.556. The standard InChI is InChI=1S/C18H27BrN4O2.HI/c1-18(9-4-10-25-18)13-22-17(21-12-16(24)23(2)3)20-11-14-5-7-15(19)8-6-14;/h5-8H,4,9-13H2,1-3H3,(H2,20,21,22);1H. The van der Waals surface area contributed by atoms with Gasteiger partial charge in [-0.2, -0.15) is 0 Å². The van der Waals surface area contributed by atoms with Crippen LogP contribution in [0, 0.1) is 0 Å². The molecule has 1 amide bonds. The van der Waals surface area contributed by atoms with Crippen molar-refractivity contribution in [3.05, 3.63) is 34.3 Å². The molecule has 8 heteroatoms. The van der Waals surface area contributed by atoms with Gasteiger partial charge in [0.05, 0.1) is 18.7 Å². The van der Waals surface area contributed by atoms with Gasteiger partial charge in [0.25, 0.3) is 0 Å². The van der Waals surface area contributed by atoms with Gasteiger partial charge < -0.3 is 20.3 Å². The molecule has 1 heterocycles. The minimum Gasteiger partial charge on any atom is -0.373 e. The van der Waals surface area contributed by atoms with Crippen molar-refractivity contribution >= 4 is 51.8 Å². The molecule has 26 heavy (non-hydrogen) atoms. The number of nitrogens with zero attached hydrogens (tertiary/aromatic N) is 2. The number of hydrogen-bond donors (Lipinski definition) is 2. The number of rotatable bonds is 6. The van der Waals surface area contributed by atoms with E-state index in [2.05, 4.69) is 38.5 Å². The molecule has 1 aromatic rings. The van der Waals surface area contributed by atoms with E-state index in [1.54, 1.807) is 19.0 Å². The van der Waals surface area contributed by atoms with E-state index in [-0.39, 0.29) is 42.0 Å². The summed E-state index contributed by atoms with van der Waals surface area (Å²) in [5.74, 6) is 0.622. The molecular formula is C18H28BrIN4O2. The van der Waals surface area contributed by atoms with E-state index in [9.17, 15) is 4.79 Å². The molecule has 146 valence electrons. The van der Waals surface area contributed by atoms with Gasteiger partial charge in [-0.1, -0.05) is 28.1 Å². The van der Waals surface area contributed by atoms with Crippen LogP contribution in [0.5, 0.6) is 0 Å². The number of halogens is 2. The Bertz CT molecular complexity index is 602. The summed E-state index contributed by atoms with van der Waals surface area (Å²) in [7, 11) is 3.48. The molecule has 0 radical (unpaired) electrons. The minimum atomic E-state index is -0.175. The predicted molar refractivity (Wildman–Crippen MR) is 119 cm³/mol. The number of benzene rings is 1. The highest BCUT2D eigenvalue weighted by atomic mass is 127. The summed E-state index contributed by atoms with van der Waals surface area (Å²) in [5, 5.41) is 6.42. The zero-order valence-electron chi connectivity index (χ0n) is 15.5. The number of guanidine groups is 1. The van der Waals surface area contributed by atoms with Crippen LogP contribution in [0.15, 0.2) is 33.7 Å². The second-order valence-corrected chi connectivity index (χ2v) is 7.60. The number of hydrogen-bond acceptors (Lipinski definition) is 3. The van der Waals surface area contributed by atoms with Crippen LogP contribution in [0.2, 0.25) is 0 Å². The lowest BCUT2D eigenvalue weighted by molar-refractivity contribution is -0.127. The van der Waals surface area contributed by atoms with Crippen molar-refractivity contribution in [1.82, 2.24) is 15.5 Å². The molecule has 0 bridgehead atoms. The Hall–Kier alpha value is -0.870. The summed E-state index contributed by atoms with van der Waals surface area (Å²) in [5.41, 5.74) is 0.928. The molecule has 1 aliphatic heterocycles. The Balaban J connectivity index is 0.00000338. The summed E-state index contributed by atoms with van der Waals surface area (Å²) < 4.78 is 6.85. The Kier molecular flexibility index (Phi) is 9.88. The van der Waals surface area contributed by atoms with Crippen molar-refractivity contribution in [3.8, 4) is 0 Å².